The fraction of sp³-hybridized carbons (Fsp3) is 0.333. The van der Waals surface area contributed by atoms with E-state index in [4.69, 9.17) is 16.7 Å². The SMILES string of the molecule is O=C(O)NC1CCN(S(=O)(=O)c2ccc(CNC(=O)c3ccc(Cl)cc3)s2)CC1. The summed E-state index contributed by atoms with van der Waals surface area (Å²) in [6, 6.07) is 9.46. The minimum atomic E-state index is -3.64. The number of hydrogen-bond acceptors (Lipinski definition) is 5. The molecule has 1 aliphatic rings. The summed E-state index contributed by atoms with van der Waals surface area (Å²) in [5, 5.41) is 14.5. The van der Waals surface area contributed by atoms with Crippen molar-refractivity contribution in [1.82, 2.24) is 14.9 Å². The van der Waals surface area contributed by atoms with Crippen molar-refractivity contribution in [3.8, 4) is 0 Å². The van der Waals surface area contributed by atoms with Crippen LogP contribution in [0.2, 0.25) is 5.02 Å². The van der Waals surface area contributed by atoms with Gasteiger partial charge in [-0.15, -0.1) is 11.3 Å². The Labute approximate surface area is 177 Å². The largest absolute Gasteiger partial charge is 0.465 e. The van der Waals surface area contributed by atoms with Crippen LogP contribution in [0, 0.1) is 0 Å². The molecule has 3 N–H and O–H groups in total. The lowest BCUT2D eigenvalue weighted by atomic mass is 10.1. The molecule has 0 saturated carbocycles. The van der Waals surface area contributed by atoms with Gasteiger partial charge in [0, 0.05) is 34.6 Å². The minimum absolute atomic E-state index is 0.206. The first-order valence-corrected chi connectivity index (χ1v) is 11.5. The number of piperidine rings is 1. The molecule has 2 heterocycles. The maximum Gasteiger partial charge on any atom is 0.404 e. The van der Waals surface area contributed by atoms with Crippen LogP contribution in [0.25, 0.3) is 0 Å². The second-order valence-electron chi connectivity index (χ2n) is 6.54. The van der Waals surface area contributed by atoms with Gasteiger partial charge in [0.1, 0.15) is 4.21 Å². The number of rotatable bonds is 6. The molecule has 0 radical (unpaired) electrons. The summed E-state index contributed by atoms with van der Waals surface area (Å²) in [5.74, 6) is -0.271. The highest BCUT2D eigenvalue weighted by Gasteiger charge is 2.31. The second-order valence-corrected chi connectivity index (χ2v) is 10.3. The Morgan fingerprint density at radius 3 is 2.41 bits per heavy atom. The van der Waals surface area contributed by atoms with Crippen molar-refractivity contribution in [2.75, 3.05) is 13.1 Å². The molecule has 0 spiro atoms. The van der Waals surface area contributed by atoms with E-state index in [0.717, 1.165) is 11.3 Å². The molecule has 1 saturated heterocycles. The summed E-state index contributed by atoms with van der Waals surface area (Å²) in [4.78, 5) is 23.6. The summed E-state index contributed by atoms with van der Waals surface area (Å²) >= 11 is 6.92. The first-order valence-electron chi connectivity index (χ1n) is 8.88. The Bertz CT molecular complexity index is 983. The van der Waals surface area contributed by atoms with Gasteiger partial charge in [-0.3, -0.25) is 4.79 Å². The fourth-order valence-corrected chi connectivity index (χ4v) is 6.05. The van der Waals surface area contributed by atoms with Gasteiger partial charge in [-0.25, -0.2) is 13.2 Å². The van der Waals surface area contributed by atoms with Crippen LogP contribution in [0.1, 0.15) is 28.1 Å². The Morgan fingerprint density at radius 2 is 1.79 bits per heavy atom. The van der Waals surface area contributed by atoms with Gasteiger partial charge in [-0.1, -0.05) is 11.6 Å². The van der Waals surface area contributed by atoms with Crippen LogP contribution in [0.5, 0.6) is 0 Å². The summed E-state index contributed by atoms with van der Waals surface area (Å²) in [5.41, 5.74) is 0.469. The molecule has 8 nitrogen and oxygen atoms in total. The summed E-state index contributed by atoms with van der Waals surface area (Å²) in [6.07, 6.45) is -0.239. The number of hydrogen-bond donors (Lipinski definition) is 3. The smallest absolute Gasteiger partial charge is 0.404 e. The van der Waals surface area contributed by atoms with Crippen molar-refractivity contribution >= 4 is 45.0 Å². The van der Waals surface area contributed by atoms with E-state index in [1.807, 2.05) is 0 Å². The van der Waals surface area contributed by atoms with Crippen LogP contribution in [0.4, 0.5) is 4.79 Å². The predicted octanol–water partition coefficient (Wildman–Crippen LogP) is 2.75. The lowest BCUT2D eigenvalue weighted by molar-refractivity contribution is 0.0951. The van der Waals surface area contributed by atoms with Crippen molar-refractivity contribution in [2.45, 2.75) is 29.6 Å². The number of amides is 2. The van der Waals surface area contributed by atoms with Gasteiger partial charge in [-0.05, 0) is 49.2 Å². The predicted molar refractivity (Wildman–Crippen MR) is 110 cm³/mol. The number of carbonyl (C=O) groups excluding carboxylic acids is 1. The van der Waals surface area contributed by atoms with E-state index in [1.54, 1.807) is 30.3 Å². The first-order chi connectivity index (χ1) is 13.8. The molecule has 0 aliphatic carbocycles. The number of carbonyl (C=O) groups is 2. The Balaban J connectivity index is 1.58. The number of nitrogens with zero attached hydrogens (tertiary/aromatic N) is 1. The molecule has 156 valence electrons. The van der Waals surface area contributed by atoms with Crippen LogP contribution in [-0.2, 0) is 16.6 Å². The topological polar surface area (TPSA) is 116 Å². The van der Waals surface area contributed by atoms with Gasteiger partial charge in [0.15, 0.2) is 0 Å². The van der Waals surface area contributed by atoms with E-state index in [1.165, 1.54) is 10.4 Å². The quantitative estimate of drug-likeness (QED) is 0.616. The van der Waals surface area contributed by atoms with Crippen LogP contribution in [0.15, 0.2) is 40.6 Å². The van der Waals surface area contributed by atoms with E-state index in [9.17, 15) is 18.0 Å². The number of thiophene rings is 1. The number of benzene rings is 1. The van der Waals surface area contributed by atoms with E-state index in [2.05, 4.69) is 10.6 Å². The number of nitrogens with one attached hydrogen (secondary N) is 2. The van der Waals surface area contributed by atoms with Crippen LogP contribution < -0.4 is 10.6 Å². The zero-order chi connectivity index (χ0) is 21.0. The molecule has 11 heteroatoms. The third-order valence-corrected chi connectivity index (χ3v) is 8.25. The van der Waals surface area contributed by atoms with Crippen molar-refractivity contribution in [2.24, 2.45) is 0 Å². The highest BCUT2D eigenvalue weighted by atomic mass is 35.5. The van der Waals surface area contributed by atoms with E-state index in [-0.39, 0.29) is 35.8 Å². The van der Waals surface area contributed by atoms with Gasteiger partial charge >= 0.3 is 6.09 Å². The average Bonchev–Trinajstić information content (AvgIpc) is 3.16. The molecule has 2 aromatic rings. The minimum Gasteiger partial charge on any atom is -0.465 e. The molecule has 2 amide bonds. The highest BCUT2D eigenvalue weighted by Crippen LogP contribution is 2.27. The van der Waals surface area contributed by atoms with Gasteiger partial charge in [0.25, 0.3) is 15.9 Å². The van der Waals surface area contributed by atoms with Gasteiger partial charge in [-0.2, -0.15) is 4.31 Å². The van der Waals surface area contributed by atoms with Crippen molar-refractivity contribution < 1.29 is 23.1 Å². The van der Waals surface area contributed by atoms with Crippen LogP contribution in [0.3, 0.4) is 0 Å². The molecule has 0 bridgehead atoms. The monoisotopic (exact) mass is 457 g/mol. The lowest BCUT2D eigenvalue weighted by Crippen LogP contribution is -2.46. The molecule has 3 rings (SSSR count). The van der Waals surface area contributed by atoms with E-state index in [0.29, 0.717) is 28.3 Å². The van der Waals surface area contributed by atoms with Crippen molar-refractivity contribution in [3.63, 3.8) is 0 Å². The highest BCUT2D eigenvalue weighted by molar-refractivity contribution is 7.91. The molecular weight excluding hydrogens is 438 g/mol. The molecule has 1 aromatic heterocycles. The standard InChI is InChI=1S/C18H20ClN3O5S2/c19-13-3-1-12(2-4-13)17(23)20-11-15-5-6-16(28-15)29(26,27)22-9-7-14(8-10-22)21-18(24)25/h1-6,14,21H,7-11H2,(H,20,23)(H,24,25). The van der Waals surface area contributed by atoms with E-state index < -0.39 is 16.1 Å². The molecule has 1 aliphatic heterocycles. The summed E-state index contributed by atoms with van der Waals surface area (Å²) < 4.78 is 27.2. The molecule has 1 fully saturated rings. The molecular formula is C18H20ClN3O5S2. The van der Waals surface area contributed by atoms with Gasteiger partial charge in [0.2, 0.25) is 0 Å². The lowest BCUT2D eigenvalue weighted by Gasteiger charge is -2.30. The molecule has 0 unspecified atom stereocenters. The molecule has 29 heavy (non-hydrogen) atoms. The molecule has 1 aromatic carbocycles. The summed E-state index contributed by atoms with van der Waals surface area (Å²) in [6.45, 7) is 0.730. The zero-order valence-electron chi connectivity index (χ0n) is 15.3. The first kappa shape index (κ1) is 21.6. The Kier molecular flexibility index (Phi) is 6.78. The van der Waals surface area contributed by atoms with Gasteiger partial charge < -0.3 is 15.7 Å². The number of sulfonamides is 1. The maximum absolute atomic E-state index is 12.8. The van der Waals surface area contributed by atoms with Crippen LogP contribution in [-0.4, -0.2) is 49.0 Å². The number of halogens is 1. The zero-order valence-corrected chi connectivity index (χ0v) is 17.7. The third kappa shape index (κ3) is 5.47. The summed E-state index contributed by atoms with van der Waals surface area (Å²) in [7, 11) is -3.64. The normalized spacial score (nSPS) is 15.8. The number of carboxylic acid groups (broad SMARTS) is 1. The Morgan fingerprint density at radius 1 is 1.14 bits per heavy atom. The maximum atomic E-state index is 12.8. The van der Waals surface area contributed by atoms with Gasteiger partial charge in [0.05, 0.1) is 6.54 Å². The second kappa shape index (κ2) is 9.12. The van der Waals surface area contributed by atoms with E-state index >= 15 is 0 Å². The van der Waals surface area contributed by atoms with Crippen molar-refractivity contribution in [3.05, 3.63) is 51.9 Å². The molecule has 0 atom stereocenters. The van der Waals surface area contributed by atoms with Crippen LogP contribution >= 0.6 is 22.9 Å². The average molecular weight is 458 g/mol. The van der Waals surface area contributed by atoms with Crippen molar-refractivity contribution in [1.29, 1.82) is 0 Å². The third-order valence-electron chi connectivity index (χ3n) is 4.54. The fourth-order valence-electron chi connectivity index (χ4n) is 3.00. The Hall–Kier alpha value is -2.14.